The lowest BCUT2D eigenvalue weighted by atomic mass is 9.98. The largest absolute Gasteiger partial charge is 0.336 e. The van der Waals surface area contributed by atoms with Gasteiger partial charge >= 0.3 is 6.03 Å². The molecule has 29 heavy (non-hydrogen) atoms. The third-order valence-corrected chi connectivity index (χ3v) is 5.63. The van der Waals surface area contributed by atoms with Crippen LogP contribution in [0.25, 0.3) is 0 Å². The van der Waals surface area contributed by atoms with E-state index in [0.717, 1.165) is 12.8 Å². The van der Waals surface area contributed by atoms with Crippen molar-refractivity contribution in [3.05, 3.63) is 29.3 Å². The number of nitrogens with one attached hydrogen (secondary N) is 2. The summed E-state index contributed by atoms with van der Waals surface area (Å²) in [7, 11) is 1.54. The molecule has 0 bridgehead atoms. The van der Waals surface area contributed by atoms with Crippen LogP contribution in [0.3, 0.4) is 0 Å². The topological polar surface area (TPSA) is 98.8 Å². The van der Waals surface area contributed by atoms with E-state index in [4.69, 9.17) is 11.6 Å². The highest BCUT2D eigenvalue weighted by molar-refractivity contribution is 6.30. The number of benzene rings is 1. The van der Waals surface area contributed by atoms with Gasteiger partial charge in [0, 0.05) is 30.7 Å². The molecule has 0 aromatic heterocycles. The van der Waals surface area contributed by atoms with Crippen LogP contribution < -0.4 is 10.6 Å². The number of likely N-dealkylation sites (N-methyl/N-ethyl adjacent to an activating group) is 1. The molecule has 1 aliphatic carbocycles. The molecule has 1 heterocycles. The van der Waals surface area contributed by atoms with Gasteiger partial charge in [-0.3, -0.25) is 19.3 Å². The van der Waals surface area contributed by atoms with E-state index in [2.05, 4.69) is 10.6 Å². The van der Waals surface area contributed by atoms with Gasteiger partial charge in [0.25, 0.3) is 5.91 Å². The number of urea groups is 1. The third-order valence-electron chi connectivity index (χ3n) is 5.39. The minimum absolute atomic E-state index is 0.0996. The third kappa shape index (κ3) is 4.87. The summed E-state index contributed by atoms with van der Waals surface area (Å²) in [4.78, 5) is 51.6. The van der Waals surface area contributed by atoms with E-state index in [1.54, 1.807) is 31.3 Å². The lowest BCUT2D eigenvalue weighted by Gasteiger charge is -2.20. The van der Waals surface area contributed by atoms with E-state index in [1.165, 1.54) is 9.80 Å². The second-order valence-electron chi connectivity index (χ2n) is 7.59. The van der Waals surface area contributed by atoms with Crippen molar-refractivity contribution in [3.8, 4) is 0 Å². The van der Waals surface area contributed by atoms with E-state index in [1.807, 2.05) is 0 Å². The second kappa shape index (κ2) is 8.82. The van der Waals surface area contributed by atoms with E-state index >= 15 is 0 Å². The molecular weight excluding hydrogens is 396 g/mol. The lowest BCUT2D eigenvalue weighted by Crippen LogP contribution is -2.44. The minimum Gasteiger partial charge on any atom is -0.336 e. The summed E-state index contributed by atoms with van der Waals surface area (Å²) in [6.45, 7) is 0.0955. The molecule has 0 unspecified atom stereocenters. The van der Waals surface area contributed by atoms with E-state index in [-0.39, 0.29) is 43.3 Å². The highest BCUT2D eigenvalue weighted by Gasteiger charge is 2.52. The van der Waals surface area contributed by atoms with Crippen LogP contribution >= 0.6 is 11.6 Å². The first-order valence-electron chi connectivity index (χ1n) is 9.74. The SMILES string of the molecule is CN(CC(=O)Nc1cccc(Cl)c1)C(=O)CCCN1C(=O)NC2(CCCC2)C1=O. The number of hydrogen-bond acceptors (Lipinski definition) is 4. The van der Waals surface area contributed by atoms with Crippen LogP contribution in [0.1, 0.15) is 38.5 Å². The van der Waals surface area contributed by atoms with Crippen molar-refractivity contribution in [3.63, 3.8) is 0 Å². The molecule has 1 aromatic rings. The molecule has 9 heteroatoms. The van der Waals surface area contributed by atoms with Crippen molar-refractivity contribution in [2.75, 3.05) is 25.5 Å². The predicted molar refractivity (Wildman–Crippen MR) is 108 cm³/mol. The summed E-state index contributed by atoms with van der Waals surface area (Å²) in [5, 5.41) is 6.02. The average Bonchev–Trinajstić information content (AvgIpc) is 3.21. The Morgan fingerprint density at radius 1 is 1.28 bits per heavy atom. The number of nitrogens with zero attached hydrogens (tertiary/aromatic N) is 2. The molecule has 0 radical (unpaired) electrons. The number of halogens is 1. The predicted octanol–water partition coefficient (Wildman–Crippen LogP) is 2.38. The quantitative estimate of drug-likeness (QED) is 0.661. The van der Waals surface area contributed by atoms with Crippen LogP contribution in [0.15, 0.2) is 24.3 Å². The molecule has 1 aromatic carbocycles. The standard InChI is InChI=1S/C20H25ClN4O4/c1-24(13-16(26)22-15-7-4-6-14(21)12-15)17(27)8-5-11-25-18(28)20(23-19(25)29)9-2-3-10-20/h4,6-7,12H,2-3,5,8-11,13H2,1H3,(H,22,26)(H,23,29). The van der Waals surface area contributed by atoms with Crippen molar-refractivity contribution in [1.82, 2.24) is 15.1 Å². The van der Waals surface area contributed by atoms with Gasteiger partial charge in [-0.15, -0.1) is 0 Å². The van der Waals surface area contributed by atoms with Gasteiger partial charge in [-0.05, 0) is 37.5 Å². The van der Waals surface area contributed by atoms with Crippen molar-refractivity contribution in [1.29, 1.82) is 0 Å². The van der Waals surface area contributed by atoms with Gasteiger partial charge in [0.05, 0.1) is 6.54 Å². The molecule has 8 nitrogen and oxygen atoms in total. The Kier molecular flexibility index (Phi) is 6.42. The Balaban J connectivity index is 1.42. The van der Waals surface area contributed by atoms with Crippen molar-refractivity contribution in [2.24, 2.45) is 0 Å². The highest BCUT2D eigenvalue weighted by atomic mass is 35.5. The number of carbonyl (C=O) groups excluding carboxylic acids is 4. The first-order chi connectivity index (χ1) is 13.8. The Morgan fingerprint density at radius 2 is 2.00 bits per heavy atom. The summed E-state index contributed by atoms with van der Waals surface area (Å²) in [5.41, 5.74) is -0.168. The van der Waals surface area contributed by atoms with Gasteiger partial charge in [0.1, 0.15) is 5.54 Å². The van der Waals surface area contributed by atoms with Crippen LogP contribution in [0.2, 0.25) is 5.02 Å². The smallest absolute Gasteiger partial charge is 0.325 e. The maximum atomic E-state index is 12.6. The fraction of sp³-hybridized carbons (Fsp3) is 0.500. The molecule has 2 N–H and O–H groups in total. The Morgan fingerprint density at radius 3 is 2.69 bits per heavy atom. The Hall–Kier alpha value is -2.61. The summed E-state index contributed by atoms with van der Waals surface area (Å²) in [6.07, 6.45) is 3.72. The fourth-order valence-corrected chi connectivity index (χ4v) is 4.04. The highest BCUT2D eigenvalue weighted by Crippen LogP contribution is 2.35. The molecular formula is C20H25ClN4O4. The minimum atomic E-state index is -0.726. The Labute approximate surface area is 174 Å². The van der Waals surface area contributed by atoms with Gasteiger partial charge < -0.3 is 15.5 Å². The summed E-state index contributed by atoms with van der Waals surface area (Å²) >= 11 is 5.88. The fourth-order valence-electron chi connectivity index (χ4n) is 3.85. The average molecular weight is 421 g/mol. The summed E-state index contributed by atoms with van der Waals surface area (Å²) in [6, 6.07) is 6.38. The number of rotatable bonds is 7. The van der Waals surface area contributed by atoms with Gasteiger partial charge in [-0.25, -0.2) is 4.79 Å². The molecule has 5 amide bonds. The van der Waals surface area contributed by atoms with Gasteiger partial charge in [0.15, 0.2) is 0 Å². The zero-order chi connectivity index (χ0) is 21.0. The molecule has 1 saturated carbocycles. The van der Waals surface area contributed by atoms with Crippen molar-refractivity contribution >= 4 is 41.0 Å². The van der Waals surface area contributed by atoms with E-state index in [0.29, 0.717) is 30.0 Å². The van der Waals surface area contributed by atoms with Crippen LogP contribution in [-0.2, 0) is 14.4 Å². The maximum Gasteiger partial charge on any atom is 0.325 e. The van der Waals surface area contributed by atoms with E-state index < -0.39 is 5.54 Å². The van der Waals surface area contributed by atoms with Gasteiger partial charge in [-0.2, -0.15) is 0 Å². The van der Waals surface area contributed by atoms with Crippen LogP contribution in [0.5, 0.6) is 0 Å². The number of imide groups is 1. The molecule has 1 aliphatic heterocycles. The molecule has 3 rings (SSSR count). The number of hydrogen-bond donors (Lipinski definition) is 2. The maximum absolute atomic E-state index is 12.6. The van der Waals surface area contributed by atoms with Crippen LogP contribution in [0.4, 0.5) is 10.5 Å². The summed E-state index contributed by atoms with van der Waals surface area (Å²) in [5.74, 6) is -0.740. The molecule has 0 atom stereocenters. The summed E-state index contributed by atoms with van der Waals surface area (Å²) < 4.78 is 0. The first kappa shape index (κ1) is 21.1. The Bertz CT molecular complexity index is 822. The molecule has 156 valence electrons. The van der Waals surface area contributed by atoms with E-state index in [9.17, 15) is 19.2 Å². The number of anilines is 1. The second-order valence-corrected chi connectivity index (χ2v) is 8.02. The van der Waals surface area contributed by atoms with Crippen molar-refractivity contribution < 1.29 is 19.2 Å². The molecule has 2 fully saturated rings. The molecule has 1 saturated heterocycles. The monoisotopic (exact) mass is 420 g/mol. The number of carbonyl (C=O) groups is 4. The van der Waals surface area contributed by atoms with Crippen molar-refractivity contribution in [2.45, 2.75) is 44.1 Å². The molecule has 2 aliphatic rings. The molecule has 1 spiro atoms. The van der Waals surface area contributed by atoms with Crippen LogP contribution in [-0.4, -0.2) is 59.2 Å². The first-order valence-corrected chi connectivity index (χ1v) is 10.1. The van der Waals surface area contributed by atoms with Crippen LogP contribution in [0, 0.1) is 0 Å². The number of amides is 5. The van der Waals surface area contributed by atoms with Gasteiger partial charge in [-0.1, -0.05) is 30.5 Å². The zero-order valence-corrected chi connectivity index (χ0v) is 17.1. The normalized spacial score (nSPS) is 17.5. The lowest BCUT2D eigenvalue weighted by molar-refractivity contribution is -0.134. The van der Waals surface area contributed by atoms with Gasteiger partial charge in [0.2, 0.25) is 11.8 Å². The zero-order valence-electron chi connectivity index (χ0n) is 16.4.